The Balaban J connectivity index is 2.36. The molecule has 0 aromatic rings. The molecule has 0 fully saturated rings. The van der Waals surface area contributed by atoms with E-state index < -0.39 is 0 Å². The largest absolute Gasteiger partial charge is 0.497 e. The number of hydrogen-bond acceptors (Lipinski definition) is 1. The quantitative estimate of drug-likeness (QED) is 0.534. The Labute approximate surface area is 74.1 Å². The first kappa shape index (κ1) is 7.90. The maximum absolute atomic E-state index is 5.73. The van der Waals surface area contributed by atoms with Gasteiger partial charge in [0.2, 0.25) is 0 Å². The SMILES string of the molecule is CC1(C)CC=CC2=C1OCCC2. The van der Waals surface area contributed by atoms with Crippen molar-refractivity contribution in [2.24, 2.45) is 5.41 Å². The molecule has 0 N–H and O–H groups in total. The van der Waals surface area contributed by atoms with Gasteiger partial charge in [0.25, 0.3) is 0 Å². The molecule has 0 amide bonds. The highest BCUT2D eigenvalue weighted by molar-refractivity contribution is 5.31. The molecule has 0 saturated heterocycles. The standard InChI is InChI=1S/C11H16O/c1-11(2)7-3-5-9-6-4-8-12-10(9)11/h3,5H,4,6-8H2,1-2H3. The minimum atomic E-state index is 0.241. The van der Waals surface area contributed by atoms with Crippen LogP contribution in [0.15, 0.2) is 23.5 Å². The fourth-order valence-electron chi connectivity index (χ4n) is 2.02. The lowest BCUT2D eigenvalue weighted by Gasteiger charge is -2.34. The van der Waals surface area contributed by atoms with Gasteiger partial charge in [-0.25, -0.2) is 0 Å². The predicted octanol–water partition coefficient (Wildman–Crippen LogP) is 3.04. The van der Waals surface area contributed by atoms with Crippen LogP contribution in [0.2, 0.25) is 0 Å². The molecule has 1 aliphatic carbocycles. The fourth-order valence-corrected chi connectivity index (χ4v) is 2.02. The van der Waals surface area contributed by atoms with Gasteiger partial charge in [0, 0.05) is 5.41 Å². The van der Waals surface area contributed by atoms with Crippen molar-refractivity contribution in [3.63, 3.8) is 0 Å². The van der Waals surface area contributed by atoms with E-state index in [4.69, 9.17) is 4.74 Å². The summed E-state index contributed by atoms with van der Waals surface area (Å²) < 4.78 is 5.73. The monoisotopic (exact) mass is 164 g/mol. The molecule has 66 valence electrons. The lowest BCUT2D eigenvalue weighted by Crippen LogP contribution is -2.23. The average molecular weight is 164 g/mol. The number of allylic oxidation sites excluding steroid dienone is 4. The minimum absolute atomic E-state index is 0.241. The van der Waals surface area contributed by atoms with Crippen molar-refractivity contribution in [3.05, 3.63) is 23.5 Å². The molecule has 1 nitrogen and oxygen atoms in total. The summed E-state index contributed by atoms with van der Waals surface area (Å²) in [5.74, 6) is 1.25. The Kier molecular flexibility index (Phi) is 1.75. The first-order chi connectivity index (χ1) is 5.70. The molecule has 0 bridgehead atoms. The molecule has 1 aliphatic heterocycles. The Hall–Kier alpha value is -0.720. The highest BCUT2D eigenvalue weighted by Gasteiger charge is 2.30. The van der Waals surface area contributed by atoms with Gasteiger partial charge >= 0.3 is 0 Å². The van der Waals surface area contributed by atoms with Gasteiger partial charge in [0.1, 0.15) is 5.76 Å². The van der Waals surface area contributed by atoms with Crippen LogP contribution in [0.25, 0.3) is 0 Å². The molecule has 12 heavy (non-hydrogen) atoms. The Morgan fingerprint density at radius 2 is 2.25 bits per heavy atom. The molecule has 0 saturated carbocycles. The molecule has 2 aliphatic rings. The summed E-state index contributed by atoms with van der Waals surface area (Å²) in [4.78, 5) is 0. The van der Waals surface area contributed by atoms with Gasteiger partial charge in [-0.05, 0) is 24.8 Å². The van der Waals surface area contributed by atoms with E-state index in [1.54, 1.807) is 0 Å². The number of rotatable bonds is 0. The van der Waals surface area contributed by atoms with Crippen LogP contribution < -0.4 is 0 Å². The summed E-state index contributed by atoms with van der Waals surface area (Å²) in [6.45, 7) is 5.43. The van der Waals surface area contributed by atoms with Crippen LogP contribution in [-0.2, 0) is 4.74 Å². The van der Waals surface area contributed by atoms with E-state index in [0.717, 1.165) is 13.0 Å². The summed E-state index contributed by atoms with van der Waals surface area (Å²) in [7, 11) is 0. The summed E-state index contributed by atoms with van der Waals surface area (Å²) in [6, 6.07) is 0. The van der Waals surface area contributed by atoms with Crippen LogP contribution in [0.1, 0.15) is 33.1 Å². The third-order valence-electron chi connectivity index (χ3n) is 2.69. The molecule has 0 unspecified atom stereocenters. The van der Waals surface area contributed by atoms with Crippen LogP contribution >= 0.6 is 0 Å². The molecule has 2 rings (SSSR count). The summed E-state index contributed by atoms with van der Waals surface area (Å²) >= 11 is 0. The van der Waals surface area contributed by atoms with Gasteiger partial charge in [-0.2, -0.15) is 0 Å². The van der Waals surface area contributed by atoms with Crippen LogP contribution in [-0.4, -0.2) is 6.61 Å². The smallest absolute Gasteiger partial charge is 0.105 e. The molecule has 0 aromatic carbocycles. The van der Waals surface area contributed by atoms with Crippen molar-refractivity contribution in [1.82, 2.24) is 0 Å². The first-order valence-corrected chi connectivity index (χ1v) is 4.73. The van der Waals surface area contributed by atoms with Gasteiger partial charge in [-0.1, -0.05) is 26.0 Å². The van der Waals surface area contributed by atoms with Crippen LogP contribution in [0.3, 0.4) is 0 Å². The molecule has 0 spiro atoms. The average Bonchev–Trinajstić information content (AvgIpc) is 2.04. The second-order valence-corrected chi connectivity index (χ2v) is 4.30. The first-order valence-electron chi connectivity index (χ1n) is 4.73. The molecule has 1 heteroatoms. The zero-order valence-corrected chi connectivity index (χ0v) is 7.89. The van der Waals surface area contributed by atoms with E-state index in [0.29, 0.717) is 0 Å². The number of hydrogen-bond donors (Lipinski definition) is 0. The van der Waals surface area contributed by atoms with Crippen molar-refractivity contribution in [3.8, 4) is 0 Å². The Morgan fingerprint density at radius 1 is 1.42 bits per heavy atom. The van der Waals surface area contributed by atoms with Gasteiger partial charge in [-0.3, -0.25) is 0 Å². The van der Waals surface area contributed by atoms with Gasteiger partial charge in [-0.15, -0.1) is 0 Å². The molecule has 0 radical (unpaired) electrons. The third-order valence-corrected chi connectivity index (χ3v) is 2.69. The van der Waals surface area contributed by atoms with Crippen LogP contribution in [0.5, 0.6) is 0 Å². The number of ether oxygens (including phenoxy) is 1. The molecule has 0 atom stereocenters. The molecule has 0 aromatic heterocycles. The summed E-state index contributed by atoms with van der Waals surface area (Å²) in [5.41, 5.74) is 1.67. The van der Waals surface area contributed by atoms with Crippen molar-refractivity contribution in [2.75, 3.05) is 6.61 Å². The molecule has 1 heterocycles. The van der Waals surface area contributed by atoms with E-state index >= 15 is 0 Å². The zero-order chi connectivity index (χ0) is 8.60. The Bertz CT molecular complexity index is 246. The maximum atomic E-state index is 5.73. The third kappa shape index (κ3) is 1.17. The van der Waals surface area contributed by atoms with E-state index in [-0.39, 0.29) is 5.41 Å². The molecular weight excluding hydrogens is 148 g/mol. The topological polar surface area (TPSA) is 9.23 Å². The predicted molar refractivity (Wildman–Crippen MR) is 49.8 cm³/mol. The second kappa shape index (κ2) is 2.65. The lowest BCUT2D eigenvalue weighted by atomic mass is 9.79. The van der Waals surface area contributed by atoms with E-state index in [1.807, 2.05) is 0 Å². The minimum Gasteiger partial charge on any atom is -0.497 e. The summed E-state index contributed by atoms with van der Waals surface area (Å²) in [6.07, 6.45) is 8.01. The fraction of sp³-hybridized carbons (Fsp3) is 0.636. The Morgan fingerprint density at radius 3 is 3.00 bits per heavy atom. The zero-order valence-electron chi connectivity index (χ0n) is 7.89. The normalized spacial score (nSPS) is 26.5. The highest BCUT2D eigenvalue weighted by atomic mass is 16.5. The summed E-state index contributed by atoms with van der Waals surface area (Å²) in [5, 5.41) is 0. The van der Waals surface area contributed by atoms with Gasteiger partial charge in [0.05, 0.1) is 6.61 Å². The van der Waals surface area contributed by atoms with Crippen LogP contribution in [0.4, 0.5) is 0 Å². The van der Waals surface area contributed by atoms with Crippen molar-refractivity contribution in [2.45, 2.75) is 33.1 Å². The van der Waals surface area contributed by atoms with E-state index in [1.165, 1.54) is 24.2 Å². The van der Waals surface area contributed by atoms with E-state index in [2.05, 4.69) is 26.0 Å². The van der Waals surface area contributed by atoms with Crippen LogP contribution in [0, 0.1) is 5.41 Å². The van der Waals surface area contributed by atoms with Gasteiger partial charge < -0.3 is 4.74 Å². The highest BCUT2D eigenvalue weighted by Crippen LogP contribution is 2.40. The van der Waals surface area contributed by atoms with E-state index in [9.17, 15) is 0 Å². The van der Waals surface area contributed by atoms with Crippen molar-refractivity contribution >= 4 is 0 Å². The second-order valence-electron chi connectivity index (χ2n) is 4.30. The lowest BCUT2D eigenvalue weighted by molar-refractivity contribution is 0.122. The van der Waals surface area contributed by atoms with Gasteiger partial charge in [0.15, 0.2) is 0 Å². The van der Waals surface area contributed by atoms with Crippen molar-refractivity contribution in [1.29, 1.82) is 0 Å². The molecular formula is C11H16O. The van der Waals surface area contributed by atoms with Crippen molar-refractivity contribution < 1.29 is 4.74 Å². The maximum Gasteiger partial charge on any atom is 0.105 e.